The van der Waals surface area contributed by atoms with Gasteiger partial charge in [0.25, 0.3) is 0 Å². The molecule has 2 fully saturated rings. The van der Waals surface area contributed by atoms with E-state index in [2.05, 4.69) is 12.2 Å². The quantitative estimate of drug-likeness (QED) is 0.754. The predicted octanol–water partition coefficient (Wildman–Crippen LogP) is 1.44. The van der Waals surface area contributed by atoms with Gasteiger partial charge >= 0.3 is 0 Å². The van der Waals surface area contributed by atoms with E-state index in [1.54, 1.807) is 0 Å². The van der Waals surface area contributed by atoms with Crippen LogP contribution in [0.5, 0.6) is 0 Å². The second-order valence-corrected chi connectivity index (χ2v) is 5.97. The number of nitrogens with one attached hydrogen (secondary N) is 1. The Morgan fingerprint density at radius 3 is 2.50 bits per heavy atom. The minimum absolute atomic E-state index is 0.268. The first-order chi connectivity index (χ1) is 8.60. The maximum Gasteiger partial charge on any atom is 0.240 e. The number of ether oxygens (including phenoxy) is 1. The molecule has 0 aromatic rings. The van der Waals surface area contributed by atoms with Gasteiger partial charge in [-0.1, -0.05) is 19.8 Å². The van der Waals surface area contributed by atoms with Gasteiger partial charge in [-0.25, -0.2) is 0 Å². The van der Waals surface area contributed by atoms with Crippen LogP contribution >= 0.6 is 0 Å². The summed E-state index contributed by atoms with van der Waals surface area (Å²) in [5.41, 5.74) is 4.95. The molecular weight excluding hydrogens is 228 g/mol. The number of amides is 1. The van der Waals surface area contributed by atoms with Gasteiger partial charge in [-0.15, -0.1) is 0 Å². The molecule has 2 saturated carbocycles. The molecular formula is C14H26N2O2. The predicted molar refractivity (Wildman–Crippen MR) is 71.1 cm³/mol. The second kappa shape index (κ2) is 5.57. The van der Waals surface area contributed by atoms with Gasteiger partial charge in [0.1, 0.15) is 5.54 Å². The van der Waals surface area contributed by atoms with Crippen molar-refractivity contribution in [3.8, 4) is 0 Å². The van der Waals surface area contributed by atoms with E-state index in [-0.39, 0.29) is 5.91 Å². The van der Waals surface area contributed by atoms with Crippen LogP contribution in [0.2, 0.25) is 0 Å². The Hall–Kier alpha value is -0.610. The van der Waals surface area contributed by atoms with Crippen LogP contribution in [0, 0.1) is 11.8 Å². The van der Waals surface area contributed by atoms with Crippen molar-refractivity contribution in [1.82, 2.24) is 5.32 Å². The van der Waals surface area contributed by atoms with Crippen molar-refractivity contribution in [1.29, 1.82) is 0 Å². The van der Waals surface area contributed by atoms with Crippen molar-refractivity contribution in [3.63, 3.8) is 0 Å². The van der Waals surface area contributed by atoms with Crippen LogP contribution in [0.4, 0.5) is 0 Å². The first-order valence-electron chi connectivity index (χ1n) is 7.20. The lowest BCUT2D eigenvalue weighted by Crippen LogP contribution is -2.59. The average Bonchev–Trinajstić information content (AvgIpc) is 3.17. The molecule has 3 atom stereocenters. The maximum atomic E-state index is 11.8. The molecule has 18 heavy (non-hydrogen) atoms. The van der Waals surface area contributed by atoms with Crippen molar-refractivity contribution >= 4 is 5.91 Å². The number of likely N-dealkylation sites (N-methyl/N-ethyl adjacent to an activating group) is 1. The monoisotopic (exact) mass is 254 g/mol. The normalized spacial score (nSPS) is 31.9. The average molecular weight is 254 g/mol. The molecule has 3 unspecified atom stereocenters. The molecule has 0 spiro atoms. The first-order valence-corrected chi connectivity index (χ1v) is 7.20. The number of carbonyl (C=O) groups excluding carboxylic acids is 1. The molecule has 3 N–H and O–H groups in total. The Morgan fingerprint density at radius 1 is 1.33 bits per heavy atom. The van der Waals surface area contributed by atoms with Crippen molar-refractivity contribution in [2.24, 2.45) is 17.6 Å². The molecule has 2 rings (SSSR count). The van der Waals surface area contributed by atoms with Gasteiger partial charge < -0.3 is 15.8 Å². The Morgan fingerprint density at radius 2 is 2.00 bits per heavy atom. The van der Waals surface area contributed by atoms with E-state index >= 15 is 0 Å². The van der Waals surface area contributed by atoms with E-state index in [0.29, 0.717) is 24.5 Å². The summed E-state index contributed by atoms with van der Waals surface area (Å²) in [5.74, 6) is 0.690. The fraction of sp³-hybridized carbons (Fsp3) is 0.929. The highest BCUT2D eigenvalue weighted by atomic mass is 16.5. The smallest absolute Gasteiger partial charge is 0.240 e. The van der Waals surface area contributed by atoms with Crippen molar-refractivity contribution < 1.29 is 9.53 Å². The maximum absolute atomic E-state index is 11.8. The third-order valence-electron chi connectivity index (χ3n) is 4.72. The molecule has 0 aromatic heterocycles. The van der Waals surface area contributed by atoms with Crippen LogP contribution in [0.1, 0.15) is 45.4 Å². The largest absolute Gasteiger partial charge is 0.375 e. The number of nitrogens with two attached hydrogens (primary N) is 1. The highest BCUT2D eigenvalue weighted by Crippen LogP contribution is 2.40. The summed E-state index contributed by atoms with van der Waals surface area (Å²) in [7, 11) is 1.82. The Bertz CT molecular complexity index is 304. The highest BCUT2D eigenvalue weighted by Gasteiger charge is 2.49. The van der Waals surface area contributed by atoms with Gasteiger partial charge in [0.05, 0.1) is 12.7 Å². The molecule has 2 aliphatic rings. The Labute approximate surface area is 110 Å². The van der Waals surface area contributed by atoms with Crippen molar-refractivity contribution in [2.45, 2.75) is 57.1 Å². The summed E-state index contributed by atoms with van der Waals surface area (Å²) in [6.07, 6.45) is 7.34. The molecule has 0 aromatic carbocycles. The lowest BCUT2D eigenvalue weighted by molar-refractivity contribution is -0.130. The Balaban J connectivity index is 1.94. The molecule has 0 heterocycles. The minimum atomic E-state index is -0.642. The van der Waals surface area contributed by atoms with Gasteiger partial charge in [0.2, 0.25) is 5.91 Å². The van der Waals surface area contributed by atoms with Gasteiger partial charge in [-0.2, -0.15) is 0 Å². The Kier molecular flexibility index (Phi) is 4.28. The fourth-order valence-electron chi connectivity index (χ4n) is 3.13. The summed E-state index contributed by atoms with van der Waals surface area (Å²) in [6, 6.07) is 0. The lowest BCUT2D eigenvalue weighted by Gasteiger charge is -2.35. The summed E-state index contributed by atoms with van der Waals surface area (Å²) in [5, 5.41) is 3.13. The van der Waals surface area contributed by atoms with Gasteiger partial charge in [-0.05, 0) is 44.6 Å². The number of hydrogen-bond donors (Lipinski definition) is 2. The zero-order valence-electron chi connectivity index (χ0n) is 11.6. The zero-order valence-corrected chi connectivity index (χ0v) is 11.6. The summed E-state index contributed by atoms with van der Waals surface area (Å²) < 4.78 is 6.05. The van der Waals surface area contributed by atoms with Crippen molar-refractivity contribution in [2.75, 3.05) is 13.7 Å². The first kappa shape index (κ1) is 13.8. The fourth-order valence-corrected chi connectivity index (χ4v) is 3.13. The summed E-state index contributed by atoms with van der Waals surface area (Å²) in [6.45, 7) is 2.67. The molecule has 0 bridgehead atoms. The van der Waals surface area contributed by atoms with E-state index in [1.807, 2.05) is 7.05 Å². The van der Waals surface area contributed by atoms with Crippen LogP contribution in [0.3, 0.4) is 0 Å². The third-order valence-corrected chi connectivity index (χ3v) is 4.72. The summed E-state index contributed by atoms with van der Waals surface area (Å²) >= 11 is 0. The van der Waals surface area contributed by atoms with E-state index in [9.17, 15) is 4.79 Å². The van der Waals surface area contributed by atoms with Crippen LogP contribution < -0.4 is 11.1 Å². The molecule has 2 aliphatic carbocycles. The van der Waals surface area contributed by atoms with Crippen molar-refractivity contribution in [3.05, 3.63) is 0 Å². The van der Waals surface area contributed by atoms with Gasteiger partial charge in [0, 0.05) is 0 Å². The highest BCUT2D eigenvalue weighted by molar-refractivity contribution is 5.85. The number of hydrogen-bond acceptors (Lipinski definition) is 3. The minimum Gasteiger partial charge on any atom is -0.375 e. The summed E-state index contributed by atoms with van der Waals surface area (Å²) in [4.78, 5) is 11.8. The molecule has 104 valence electrons. The van der Waals surface area contributed by atoms with Gasteiger partial charge in [0.15, 0.2) is 0 Å². The molecule has 4 nitrogen and oxygen atoms in total. The SMILES string of the molecule is CNC(COC1CCCCC1C)(C(N)=O)C1CC1. The molecule has 0 aliphatic heterocycles. The standard InChI is InChI=1S/C14H26N2O2/c1-10-5-3-4-6-12(10)18-9-14(16-2,13(15)17)11-7-8-11/h10-12,16H,3-9H2,1-2H3,(H2,15,17). The van der Waals surface area contributed by atoms with E-state index in [0.717, 1.165) is 19.3 Å². The zero-order chi connectivity index (χ0) is 13.2. The molecule has 1 amide bonds. The van der Waals surface area contributed by atoms with Crippen LogP contribution in [0.15, 0.2) is 0 Å². The van der Waals surface area contributed by atoms with E-state index in [4.69, 9.17) is 10.5 Å². The molecule has 4 heteroatoms. The number of primary amides is 1. The number of rotatable bonds is 6. The lowest BCUT2D eigenvalue weighted by atomic mass is 9.87. The molecule has 0 radical (unpaired) electrons. The van der Waals surface area contributed by atoms with E-state index < -0.39 is 5.54 Å². The number of carbonyl (C=O) groups is 1. The third kappa shape index (κ3) is 2.69. The topological polar surface area (TPSA) is 64.3 Å². The second-order valence-electron chi connectivity index (χ2n) is 5.97. The van der Waals surface area contributed by atoms with Crippen LogP contribution in [-0.2, 0) is 9.53 Å². The molecule has 0 saturated heterocycles. The van der Waals surface area contributed by atoms with Crippen LogP contribution in [0.25, 0.3) is 0 Å². The van der Waals surface area contributed by atoms with Gasteiger partial charge in [-0.3, -0.25) is 4.79 Å². The van der Waals surface area contributed by atoms with E-state index in [1.165, 1.54) is 19.3 Å². The van der Waals surface area contributed by atoms with Crippen LogP contribution in [-0.4, -0.2) is 31.2 Å².